The summed E-state index contributed by atoms with van der Waals surface area (Å²) in [6.45, 7) is 4.01. The van der Waals surface area contributed by atoms with Crippen molar-refractivity contribution in [1.82, 2.24) is 20.3 Å². The molecule has 0 saturated heterocycles. The van der Waals surface area contributed by atoms with Gasteiger partial charge in [-0.05, 0) is 32.0 Å². The Morgan fingerprint density at radius 1 is 1.20 bits per heavy atom. The molecule has 20 heavy (non-hydrogen) atoms. The molecular formula is C14H18F2N4. The van der Waals surface area contributed by atoms with Crippen LogP contribution in [0.4, 0.5) is 8.78 Å². The molecule has 0 aliphatic rings. The molecule has 0 radical (unpaired) electrons. The Kier molecular flexibility index (Phi) is 4.44. The summed E-state index contributed by atoms with van der Waals surface area (Å²) >= 11 is 0. The number of nitrogens with one attached hydrogen (secondary N) is 1. The van der Waals surface area contributed by atoms with Crippen molar-refractivity contribution in [3.05, 3.63) is 41.2 Å². The lowest BCUT2D eigenvalue weighted by atomic mass is 10.1. The van der Waals surface area contributed by atoms with Crippen molar-refractivity contribution in [3.63, 3.8) is 0 Å². The first-order valence-corrected chi connectivity index (χ1v) is 6.68. The molecule has 4 nitrogen and oxygen atoms in total. The van der Waals surface area contributed by atoms with Crippen molar-refractivity contribution in [2.75, 3.05) is 7.05 Å². The molecule has 2 aromatic rings. The van der Waals surface area contributed by atoms with Crippen molar-refractivity contribution in [2.24, 2.45) is 0 Å². The van der Waals surface area contributed by atoms with Crippen LogP contribution in [0.25, 0.3) is 5.69 Å². The molecule has 0 spiro atoms. The highest BCUT2D eigenvalue weighted by Gasteiger charge is 2.19. The van der Waals surface area contributed by atoms with Crippen LogP contribution in [0.15, 0.2) is 18.2 Å². The molecule has 6 heteroatoms. The van der Waals surface area contributed by atoms with E-state index >= 15 is 0 Å². The van der Waals surface area contributed by atoms with E-state index in [9.17, 15) is 8.78 Å². The Bertz CT molecular complexity index is 571. The molecule has 0 amide bonds. The van der Waals surface area contributed by atoms with E-state index in [0.717, 1.165) is 23.9 Å². The van der Waals surface area contributed by atoms with Crippen molar-refractivity contribution >= 4 is 0 Å². The maximum Gasteiger partial charge on any atom is 0.128 e. The molecule has 1 unspecified atom stereocenters. The number of aromatic nitrogens is 3. The smallest absolute Gasteiger partial charge is 0.128 e. The van der Waals surface area contributed by atoms with E-state index in [0.29, 0.717) is 12.1 Å². The van der Waals surface area contributed by atoms with Crippen molar-refractivity contribution in [3.8, 4) is 5.69 Å². The van der Waals surface area contributed by atoms with Crippen LogP contribution in [0.1, 0.15) is 37.7 Å². The summed E-state index contributed by atoms with van der Waals surface area (Å²) in [6.07, 6.45) is 1.54. The minimum Gasteiger partial charge on any atom is -0.312 e. The molecule has 108 valence electrons. The van der Waals surface area contributed by atoms with E-state index in [1.165, 1.54) is 16.8 Å². The molecule has 1 heterocycles. The number of rotatable bonds is 5. The maximum absolute atomic E-state index is 13.3. The predicted octanol–water partition coefficient (Wildman–Crippen LogP) is 2.78. The van der Waals surface area contributed by atoms with Gasteiger partial charge < -0.3 is 5.32 Å². The normalized spacial score (nSPS) is 12.7. The van der Waals surface area contributed by atoms with Crippen LogP contribution in [-0.4, -0.2) is 22.0 Å². The summed E-state index contributed by atoms with van der Waals surface area (Å²) < 4.78 is 28.2. The average molecular weight is 280 g/mol. The van der Waals surface area contributed by atoms with Gasteiger partial charge in [-0.3, -0.25) is 0 Å². The molecule has 0 saturated carbocycles. The first kappa shape index (κ1) is 14.6. The van der Waals surface area contributed by atoms with Crippen LogP contribution < -0.4 is 5.32 Å². The van der Waals surface area contributed by atoms with Gasteiger partial charge >= 0.3 is 0 Å². The van der Waals surface area contributed by atoms with Gasteiger partial charge in [-0.15, -0.1) is 5.10 Å². The number of nitrogens with zero attached hydrogens (tertiary/aromatic N) is 3. The summed E-state index contributed by atoms with van der Waals surface area (Å²) in [4.78, 5) is 0. The zero-order chi connectivity index (χ0) is 14.7. The summed E-state index contributed by atoms with van der Waals surface area (Å²) in [5, 5.41) is 11.4. The SMILES string of the molecule is CCc1c(C(CC)NC)nnn1-c1cc(F)cc(F)c1. The lowest BCUT2D eigenvalue weighted by Gasteiger charge is -2.13. The van der Waals surface area contributed by atoms with Crippen LogP contribution in [0.3, 0.4) is 0 Å². The lowest BCUT2D eigenvalue weighted by Crippen LogP contribution is -2.17. The summed E-state index contributed by atoms with van der Waals surface area (Å²) in [5.41, 5.74) is 2.03. The van der Waals surface area contributed by atoms with Gasteiger partial charge in [0.15, 0.2) is 0 Å². The highest BCUT2D eigenvalue weighted by Crippen LogP contribution is 2.22. The third kappa shape index (κ3) is 2.70. The summed E-state index contributed by atoms with van der Waals surface area (Å²) in [5.74, 6) is -1.25. The standard InChI is InChI=1S/C14H18F2N4/c1-4-12(17-3)14-13(5-2)20(19-18-14)11-7-9(15)6-10(16)8-11/h6-8,12,17H,4-5H2,1-3H3. The Labute approximate surface area is 116 Å². The van der Waals surface area contributed by atoms with Crippen LogP contribution in [0, 0.1) is 11.6 Å². The minimum atomic E-state index is -0.625. The molecule has 1 N–H and O–H groups in total. The van der Waals surface area contributed by atoms with E-state index in [1.54, 1.807) is 0 Å². The fourth-order valence-corrected chi connectivity index (χ4v) is 2.32. The minimum absolute atomic E-state index is 0.0807. The van der Waals surface area contributed by atoms with Gasteiger partial charge in [-0.25, -0.2) is 13.5 Å². The molecule has 0 fully saturated rings. The van der Waals surface area contributed by atoms with Crippen molar-refractivity contribution in [1.29, 1.82) is 0 Å². The van der Waals surface area contributed by atoms with E-state index < -0.39 is 11.6 Å². The fourth-order valence-electron chi connectivity index (χ4n) is 2.32. The van der Waals surface area contributed by atoms with Crippen LogP contribution in [0.5, 0.6) is 0 Å². The van der Waals surface area contributed by atoms with Gasteiger partial charge in [0.1, 0.15) is 17.3 Å². The topological polar surface area (TPSA) is 42.7 Å². The Morgan fingerprint density at radius 2 is 1.85 bits per heavy atom. The average Bonchev–Trinajstić information content (AvgIpc) is 2.83. The Hall–Kier alpha value is -1.82. The molecule has 0 aliphatic heterocycles. The zero-order valence-corrected chi connectivity index (χ0v) is 11.8. The van der Waals surface area contributed by atoms with E-state index in [2.05, 4.69) is 15.6 Å². The van der Waals surface area contributed by atoms with Gasteiger partial charge in [0.05, 0.1) is 17.4 Å². The van der Waals surface area contributed by atoms with Gasteiger partial charge in [-0.1, -0.05) is 19.1 Å². The molecule has 1 aromatic heterocycles. The second-order valence-electron chi connectivity index (χ2n) is 4.56. The lowest BCUT2D eigenvalue weighted by molar-refractivity contribution is 0.555. The summed E-state index contributed by atoms with van der Waals surface area (Å²) in [6, 6.07) is 3.43. The molecular weight excluding hydrogens is 262 g/mol. The quantitative estimate of drug-likeness (QED) is 0.915. The monoisotopic (exact) mass is 280 g/mol. The van der Waals surface area contributed by atoms with E-state index in [4.69, 9.17) is 0 Å². The second-order valence-corrected chi connectivity index (χ2v) is 4.56. The first-order valence-electron chi connectivity index (χ1n) is 6.68. The molecule has 2 rings (SSSR count). The third-order valence-electron chi connectivity index (χ3n) is 3.31. The first-order chi connectivity index (χ1) is 9.60. The van der Waals surface area contributed by atoms with Crippen LogP contribution in [-0.2, 0) is 6.42 Å². The van der Waals surface area contributed by atoms with Crippen LogP contribution in [0.2, 0.25) is 0 Å². The fraction of sp³-hybridized carbons (Fsp3) is 0.429. The Morgan fingerprint density at radius 3 is 2.35 bits per heavy atom. The summed E-state index contributed by atoms with van der Waals surface area (Å²) in [7, 11) is 1.86. The largest absolute Gasteiger partial charge is 0.312 e. The van der Waals surface area contributed by atoms with E-state index in [1.807, 2.05) is 20.9 Å². The second kappa shape index (κ2) is 6.09. The van der Waals surface area contributed by atoms with Gasteiger partial charge in [0, 0.05) is 6.07 Å². The van der Waals surface area contributed by atoms with Crippen molar-refractivity contribution in [2.45, 2.75) is 32.7 Å². The van der Waals surface area contributed by atoms with Gasteiger partial charge in [-0.2, -0.15) is 0 Å². The number of hydrogen-bond donors (Lipinski definition) is 1. The van der Waals surface area contributed by atoms with Gasteiger partial charge in [0.2, 0.25) is 0 Å². The molecule has 1 aromatic carbocycles. The Balaban J connectivity index is 2.52. The third-order valence-corrected chi connectivity index (χ3v) is 3.31. The predicted molar refractivity (Wildman–Crippen MR) is 72.7 cm³/mol. The number of hydrogen-bond acceptors (Lipinski definition) is 3. The highest BCUT2D eigenvalue weighted by molar-refractivity contribution is 5.35. The van der Waals surface area contributed by atoms with Crippen molar-refractivity contribution < 1.29 is 8.78 Å². The zero-order valence-electron chi connectivity index (χ0n) is 11.8. The number of benzene rings is 1. The van der Waals surface area contributed by atoms with Crippen LogP contribution >= 0.6 is 0 Å². The number of halogens is 2. The van der Waals surface area contributed by atoms with Gasteiger partial charge in [0.25, 0.3) is 0 Å². The molecule has 0 bridgehead atoms. The highest BCUT2D eigenvalue weighted by atomic mass is 19.1. The molecule has 1 atom stereocenters. The maximum atomic E-state index is 13.3. The van der Waals surface area contributed by atoms with E-state index in [-0.39, 0.29) is 6.04 Å². The molecule has 0 aliphatic carbocycles.